The van der Waals surface area contributed by atoms with Gasteiger partial charge >= 0.3 is 0 Å². The lowest BCUT2D eigenvalue weighted by Gasteiger charge is -2.08. The molecule has 0 saturated carbocycles. The molecule has 0 bridgehead atoms. The van der Waals surface area contributed by atoms with Gasteiger partial charge in [0.25, 0.3) is 0 Å². The normalized spacial score (nSPS) is 9.83. The number of rotatable bonds is 6. The molecule has 2 aromatic rings. The van der Waals surface area contributed by atoms with Crippen LogP contribution in [0.3, 0.4) is 0 Å². The first kappa shape index (κ1) is 12.3. The molecule has 0 atom stereocenters. The van der Waals surface area contributed by atoms with Crippen molar-refractivity contribution < 1.29 is 9.47 Å². The second-order valence-corrected chi connectivity index (χ2v) is 3.68. The molecule has 0 heterocycles. The monoisotopic (exact) mass is 244 g/mol. The van der Waals surface area contributed by atoms with E-state index >= 15 is 0 Å². The van der Waals surface area contributed by atoms with Gasteiger partial charge in [0.05, 0.1) is 0 Å². The Hall–Kier alpha value is -2.20. The molecule has 0 aromatic heterocycles. The average molecular weight is 244 g/mol. The molecular weight excluding hydrogens is 228 g/mol. The van der Waals surface area contributed by atoms with E-state index in [1.807, 2.05) is 54.6 Å². The van der Waals surface area contributed by atoms with Gasteiger partial charge < -0.3 is 14.9 Å². The second kappa shape index (κ2) is 6.51. The number of anilines is 1. The van der Waals surface area contributed by atoms with Gasteiger partial charge in [-0.3, -0.25) is 5.84 Å². The molecule has 0 amide bonds. The Kier molecular flexibility index (Phi) is 4.44. The molecule has 0 radical (unpaired) electrons. The van der Waals surface area contributed by atoms with E-state index in [1.165, 1.54) is 0 Å². The van der Waals surface area contributed by atoms with Crippen molar-refractivity contribution in [3.8, 4) is 11.5 Å². The lowest BCUT2D eigenvalue weighted by molar-refractivity contribution is 0.217. The summed E-state index contributed by atoms with van der Waals surface area (Å²) in [7, 11) is 0. The molecule has 94 valence electrons. The van der Waals surface area contributed by atoms with Crippen LogP contribution in [0, 0.1) is 0 Å². The smallest absolute Gasteiger partial charge is 0.122 e. The Bertz CT molecular complexity index is 457. The van der Waals surface area contributed by atoms with Crippen LogP contribution in [0.4, 0.5) is 5.69 Å². The predicted molar refractivity (Wildman–Crippen MR) is 71.7 cm³/mol. The van der Waals surface area contributed by atoms with Gasteiger partial charge in [-0.2, -0.15) is 0 Å². The molecule has 4 heteroatoms. The highest BCUT2D eigenvalue weighted by atomic mass is 16.5. The molecule has 2 aromatic carbocycles. The molecule has 0 aliphatic rings. The second-order valence-electron chi connectivity index (χ2n) is 3.68. The first-order chi connectivity index (χ1) is 8.88. The zero-order chi connectivity index (χ0) is 12.6. The SMILES string of the molecule is NNc1ccc(OCCOc2ccccc2)cc1. The molecule has 0 unspecified atom stereocenters. The minimum Gasteiger partial charge on any atom is -0.490 e. The summed E-state index contributed by atoms with van der Waals surface area (Å²) >= 11 is 0. The highest BCUT2D eigenvalue weighted by Crippen LogP contribution is 2.14. The minimum absolute atomic E-state index is 0.504. The van der Waals surface area contributed by atoms with Gasteiger partial charge in [0.2, 0.25) is 0 Å². The summed E-state index contributed by atoms with van der Waals surface area (Å²) in [6, 6.07) is 17.1. The summed E-state index contributed by atoms with van der Waals surface area (Å²) in [6.07, 6.45) is 0. The number of nitrogens with two attached hydrogens (primary N) is 1. The van der Waals surface area contributed by atoms with Crippen LogP contribution in [0.5, 0.6) is 11.5 Å². The summed E-state index contributed by atoms with van der Waals surface area (Å²) < 4.78 is 11.0. The third-order valence-electron chi connectivity index (χ3n) is 2.38. The van der Waals surface area contributed by atoms with E-state index in [0.29, 0.717) is 13.2 Å². The van der Waals surface area contributed by atoms with E-state index in [9.17, 15) is 0 Å². The van der Waals surface area contributed by atoms with Gasteiger partial charge in [-0.25, -0.2) is 0 Å². The molecule has 3 N–H and O–H groups in total. The number of benzene rings is 2. The van der Waals surface area contributed by atoms with E-state index in [1.54, 1.807) is 0 Å². The van der Waals surface area contributed by atoms with Crippen molar-refractivity contribution in [1.82, 2.24) is 0 Å². The number of nitrogen functional groups attached to an aromatic ring is 1. The van der Waals surface area contributed by atoms with Crippen molar-refractivity contribution in [1.29, 1.82) is 0 Å². The van der Waals surface area contributed by atoms with Gasteiger partial charge in [-0.15, -0.1) is 0 Å². The lowest BCUT2D eigenvalue weighted by atomic mass is 10.3. The van der Waals surface area contributed by atoms with Crippen LogP contribution in [0.15, 0.2) is 54.6 Å². The first-order valence-corrected chi connectivity index (χ1v) is 5.76. The van der Waals surface area contributed by atoms with Crippen LogP contribution in [0.25, 0.3) is 0 Å². The summed E-state index contributed by atoms with van der Waals surface area (Å²) in [4.78, 5) is 0. The van der Waals surface area contributed by atoms with Crippen molar-refractivity contribution in [2.45, 2.75) is 0 Å². The quantitative estimate of drug-likeness (QED) is 0.465. The number of hydrogen-bond donors (Lipinski definition) is 2. The standard InChI is InChI=1S/C14H16N2O2/c15-16-12-6-8-14(9-7-12)18-11-10-17-13-4-2-1-3-5-13/h1-9,16H,10-11,15H2. The Balaban J connectivity index is 1.72. The van der Waals surface area contributed by atoms with Crippen molar-refractivity contribution in [3.05, 3.63) is 54.6 Å². The molecule has 0 aliphatic heterocycles. The van der Waals surface area contributed by atoms with Gasteiger partial charge in [0, 0.05) is 5.69 Å². The fourth-order valence-electron chi connectivity index (χ4n) is 1.48. The summed E-state index contributed by atoms with van der Waals surface area (Å²) in [5.41, 5.74) is 3.41. The number of ether oxygens (including phenoxy) is 2. The molecule has 0 spiro atoms. The summed E-state index contributed by atoms with van der Waals surface area (Å²) in [6.45, 7) is 1.02. The maximum atomic E-state index is 5.53. The third kappa shape index (κ3) is 3.68. The topological polar surface area (TPSA) is 56.5 Å². The average Bonchev–Trinajstić information content (AvgIpc) is 2.45. The molecule has 0 aliphatic carbocycles. The van der Waals surface area contributed by atoms with Gasteiger partial charge in [-0.1, -0.05) is 18.2 Å². The maximum Gasteiger partial charge on any atom is 0.122 e. The fraction of sp³-hybridized carbons (Fsp3) is 0.143. The van der Waals surface area contributed by atoms with Gasteiger partial charge in [0.15, 0.2) is 0 Å². The van der Waals surface area contributed by atoms with Gasteiger partial charge in [-0.05, 0) is 36.4 Å². The third-order valence-corrected chi connectivity index (χ3v) is 2.38. The van der Waals surface area contributed by atoms with Crippen LogP contribution in [0.2, 0.25) is 0 Å². The zero-order valence-corrected chi connectivity index (χ0v) is 10.0. The van der Waals surface area contributed by atoms with Crippen LogP contribution in [0.1, 0.15) is 0 Å². The molecule has 2 rings (SSSR count). The number of nitrogens with one attached hydrogen (secondary N) is 1. The number of hydrazine groups is 1. The van der Waals surface area contributed by atoms with E-state index in [4.69, 9.17) is 15.3 Å². The lowest BCUT2D eigenvalue weighted by Crippen LogP contribution is -2.09. The van der Waals surface area contributed by atoms with Crippen LogP contribution >= 0.6 is 0 Å². The number of hydrogen-bond acceptors (Lipinski definition) is 4. The minimum atomic E-state index is 0.504. The Morgan fingerprint density at radius 1 is 0.778 bits per heavy atom. The van der Waals surface area contributed by atoms with E-state index < -0.39 is 0 Å². The first-order valence-electron chi connectivity index (χ1n) is 5.76. The fourth-order valence-corrected chi connectivity index (χ4v) is 1.48. The highest BCUT2D eigenvalue weighted by molar-refractivity contribution is 5.45. The van der Waals surface area contributed by atoms with Crippen LogP contribution in [-0.2, 0) is 0 Å². The molecule has 0 fully saturated rings. The predicted octanol–water partition coefficient (Wildman–Crippen LogP) is 2.43. The number of para-hydroxylation sites is 1. The van der Waals surface area contributed by atoms with Crippen molar-refractivity contribution in [2.75, 3.05) is 18.6 Å². The van der Waals surface area contributed by atoms with Crippen LogP contribution < -0.4 is 20.7 Å². The summed E-state index contributed by atoms with van der Waals surface area (Å²) in [5.74, 6) is 6.92. The molecule has 0 saturated heterocycles. The highest BCUT2D eigenvalue weighted by Gasteiger charge is 1.95. The Labute approximate surface area is 106 Å². The maximum absolute atomic E-state index is 5.53. The Morgan fingerprint density at radius 2 is 1.33 bits per heavy atom. The van der Waals surface area contributed by atoms with Crippen molar-refractivity contribution >= 4 is 5.69 Å². The van der Waals surface area contributed by atoms with Crippen molar-refractivity contribution in [3.63, 3.8) is 0 Å². The van der Waals surface area contributed by atoms with E-state index in [0.717, 1.165) is 17.2 Å². The molecular formula is C14H16N2O2. The van der Waals surface area contributed by atoms with E-state index in [-0.39, 0.29) is 0 Å². The molecule has 4 nitrogen and oxygen atoms in total. The van der Waals surface area contributed by atoms with Crippen molar-refractivity contribution in [2.24, 2.45) is 5.84 Å². The van der Waals surface area contributed by atoms with E-state index in [2.05, 4.69) is 5.43 Å². The summed E-state index contributed by atoms with van der Waals surface area (Å²) in [5, 5.41) is 0. The largest absolute Gasteiger partial charge is 0.490 e. The van der Waals surface area contributed by atoms with Crippen LogP contribution in [-0.4, -0.2) is 13.2 Å². The Morgan fingerprint density at radius 3 is 1.89 bits per heavy atom. The molecule has 18 heavy (non-hydrogen) atoms. The zero-order valence-electron chi connectivity index (χ0n) is 10.0. The van der Waals surface area contributed by atoms with Gasteiger partial charge in [0.1, 0.15) is 24.7 Å².